The molecule has 1 amide bonds. The maximum atomic E-state index is 11.5. The molecule has 0 heterocycles. The highest BCUT2D eigenvalue weighted by Crippen LogP contribution is 2.29. The Morgan fingerprint density at radius 2 is 2.00 bits per heavy atom. The third-order valence-electron chi connectivity index (χ3n) is 2.32. The zero-order valence-electron chi connectivity index (χ0n) is 10.3. The number of amides is 1. The molecule has 0 aliphatic rings. The Balaban J connectivity index is 2.68. The van der Waals surface area contributed by atoms with Crippen molar-refractivity contribution in [1.29, 1.82) is 0 Å². The Labute approximate surface area is 102 Å². The summed E-state index contributed by atoms with van der Waals surface area (Å²) >= 11 is 0. The van der Waals surface area contributed by atoms with Gasteiger partial charge in [-0.05, 0) is 18.6 Å². The molecule has 1 aromatic rings. The van der Waals surface area contributed by atoms with Crippen LogP contribution in [0.2, 0.25) is 0 Å². The number of rotatable bonds is 6. The van der Waals surface area contributed by atoms with E-state index >= 15 is 0 Å². The van der Waals surface area contributed by atoms with Crippen LogP contribution in [0.25, 0.3) is 0 Å². The second-order valence-electron chi connectivity index (χ2n) is 3.58. The number of hydrogen-bond acceptors (Lipinski definition) is 3. The third kappa shape index (κ3) is 3.98. The smallest absolute Gasteiger partial charge is 0.224 e. The third-order valence-corrected chi connectivity index (χ3v) is 2.32. The van der Waals surface area contributed by atoms with Crippen molar-refractivity contribution >= 4 is 11.6 Å². The van der Waals surface area contributed by atoms with Crippen molar-refractivity contribution in [3.63, 3.8) is 0 Å². The van der Waals surface area contributed by atoms with Gasteiger partial charge in [-0.1, -0.05) is 13.3 Å². The number of anilines is 1. The largest absolute Gasteiger partial charge is 0.493 e. The van der Waals surface area contributed by atoms with Gasteiger partial charge in [0, 0.05) is 18.2 Å². The topological polar surface area (TPSA) is 47.6 Å². The lowest BCUT2D eigenvalue weighted by molar-refractivity contribution is -0.116. The minimum absolute atomic E-state index is 0.0131. The van der Waals surface area contributed by atoms with E-state index < -0.39 is 0 Å². The standard InChI is InChI=1S/C13H18NO3/c1-4-5-6-13(15)14-10-7-8-11(16-2)12(9-10)17-3/h7-9H,1,4-6H2,2-3H3,(H,14,15). The number of benzene rings is 1. The first kappa shape index (κ1) is 13.4. The van der Waals surface area contributed by atoms with Crippen LogP contribution >= 0.6 is 0 Å². The van der Waals surface area contributed by atoms with Gasteiger partial charge in [0.25, 0.3) is 0 Å². The molecule has 0 atom stereocenters. The van der Waals surface area contributed by atoms with E-state index in [0.29, 0.717) is 23.6 Å². The van der Waals surface area contributed by atoms with Gasteiger partial charge in [0.15, 0.2) is 11.5 Å². The minimum Gasteiger partial charge on any atom is -0.493 e. The normalized spacial score (nSPS) is 9.82. The van der Waals surface area contributed by atoms with E-state index in [1.54, 1.807) is 32.4 Å². The lowest BCUT2D eigenvalue weighted by Crippen LogP contribution is -2.11. The first-order valence-corrected chi connectivity index (χ1v) is 5.52. The molecule has 1 aromatic carbocycles. The molecule has 1 radical (unpaired) electrons. The summed E-state index contributed by atoms with van der Waals surface area (Å²) in [5.41, 5.74) is 0.705. The predicted molar refractivity (Wildman–Crippen MR) is 67.4 cm³/mol. The Hall–Kier alpha value is -1.71. The van der Waals surface area contributed by atoms with Crippen LogP contribution in [0.1, 0.15) is 19.3 Å². The molecule has 1 N–H and O–H groups in total. The van der Waals surface area contributed by atoms with E-state index in [9.17, 15) is 4.79 Å². The summed E-state index contributed by atoms with van der Waals surface area (Å²) < 4.78 is 10.3. The molecular weight excluding hydrogens is 218 g/mol. The molecule has 0 saturated carbocycles. The zero-order valence-corrected chi connectivity index (χ0v) is 10.3. The van der Waals surface area contributed by atoms with E-state index in [-0.39, 0.29) is 5.91 Å². The highest BCUT2D eigenvalue weighted by molar-refractivity contribution is 5.91. The van der Waals surface area contributed by atoms with Gasteiger partial charge in [0.2, 0.25) is 5.91 Å². The lowest BCUT2D eigenvalue weighted by Gasteiger charge is -2.10. The number of carbonyl (C=O) groups excluding carboxylic acids is 1. The van der Waals surface area contributed by atoms with Gasteiger partial charge < -0.3 is 14.8 Å². The fourth-order valence-electron chi connectivity index (χ4n) is 1.42. The average Bonchev–Trinajstić information content (AvgIpc) is 2.36. The summed E-state index contributed by atoms with van der Waals surface area (Å²) in [5, 5.41) is 2.80. The summed E-state index contributed by atoms with van der Waals surface area (Å²) in [6.45, 7) is 3.70. The van der Waals surface area contributed by atoms with Crippen molar-refractivity contribution in [1.82, 2.24) is 0 Å². The van der Waals surface area contributed by atoms with Crippen LogP contribution in [-0.4, -0.2) is 20.1 Å². The van der Waals surface area contributed by atoms with Crippen LogP contribution < -0.4 is 14.8 Å². The van der Waals surface area contributed by atoms with E-state index in [4.69, 9.17) is 9.47 Å². The maximum Gasteiger partial charge on any atom is 0.224 e. The number of methoxy groups -OCH3 is 2. The molecule has 4 heteroatoms. The van der Waals surface area contributed by atoms with Crippen molar-refractivity contribution < 1.29 is 14.3 Å². The second-order valence-corrected chi connectivity index (χ2v) is 3.58. The van der Waals surface area contributed by atoms with Crippen LogP contribution in [0.5, 0.6) is 11.5 Å². The first-order valence-electron chi connectivity index (χ1n) is 5.52. The minimum atomic E-state index is -0.0131. The molecule has 0 aromatic heterocycles. The van der Waals surface area contributed by atoms with Crippen LogP contribution in [0, 0.1) is 6.92 Å². The quantitative estimate of drug-likeness (QED) is 0.826. The molecule has 0 fully saturated rings. The molecular formula is C13H18NO3. The van der Waals surface area contributed by atoms with Crippen molar-refractivity contribution in [2.24, 2.45) is 0 Å². The van der Waals surface area contributed by atoms with Gasteiger partial charge >= 0.3 is 0 Å². The van der Waals surface area contributed by atoms with Crippen LogP contribution in [0.15, 0.2) is 18.2 Å². The second kappa shape index (κ2) is 6.78. The van der Waals surface area contributed by atoms with Crippen molar-refractivity contribution in [2.45, 2.75) is 19.3 Å². The van der Waals surface area contributed by atoms with E-state index in [0.717, 1.165) is 12.8 Å². The maximum absolute atomic E-state index is 11.5. The molecule has 93 valence electrons. The SMILES string of the molecule is [CH2]CCCC(=O)Nc1ccc(OC)c(OC)c1. The van der Waals surface area contributed by atoms with Crippen LogP contribution in [-0.2, 0) is 4.79 Å². The Bertz CT molecular complexity index is 377. The van der Waals surface area contributed by atoms with Gasteiger partial charge in [-0.15, -0.1) is 0 Å². The lowest BCUT2D eigenvalue weighted by atomic mass is 10.2. The number of unbranched alkanes of at least 4 members (excludes halogenated alkanes) is 1. The number of hydrogen-bond donors (Lipinski definition) is 1. The number of ether oxygens (including phenoxy) is 2. The molecule has 0 spiro atoms. The molecule has 0 bridgehead atoms. The molecule has 0 aliphatic carbocycles. The highest BCUT2D eigenvalue weighted by atomic mass is 16.5. The molecule has 17 heavy (non-hydrogen) atoms. The predicted octanol–water partition coefficient (Wildman–Crippen LogP) is 2.65. The van der Waals surface area contributed by atoms with Crippen molar-refractivity contribution in [3.8, 4) is 11.5 Å². The molecule has 4 nitrogen and oxygen atoms in total. The fraction of sp³-hybridized carbons (Fsp3) is 0.385. The molecule has 0 aliphatic heterocycles. The van der Waals surface area contributed by atoms with Crippen molar-refractivity contribution in [3.05, 3.63) is 25.1 Å². The van der Waals surface area contributed by atoms with Gasteiger partial charge in [-0.3, -0.25) is 4.79 Å². The summed E-state index contributed by atoms with van der Waals surface area (Å²) in [6.07, 6.45) is 2.04. The summed E-state index contributed by atoms with van der Waals surface area (Å²) in [6, 6.07) is 5.28. The number of nitrogens with one attached hydrogen (secondary N) is 1. The number of carbonyl (C=O) groups is 1. The fourth-order valence-corrected chi connectivity index (χ4v) is 1.42. The monoisotopic (exact) mass is 236 g/mol. The molecule has 1 rings (SSSR count). The Morgan fingerprint density at radius 3 is 2.59 bits per heavy atom. The van der Waals surface area contributed by atoms with Gasteiger partial charge in [-0.25, -0.2) is 0 Å². The van der Waals surface area contributed by atoms with E-state index in [1.165, 1.54) is 0 Å². The molecule has 0 unspecified atom stereocenters. The summed E-state index contributed by atoms with van der Waals surface area (Å²) in [7, 11) is 3.14. The van der Waals surface area contributed by atoms with Crippen LogP contribution in [0.3, 0.4) is 0 Å². The Morgan fingerprint density at radius 1 is 1.29 bits per heavy atom. The van der Waals surface area contributed by atoms with E-state index in [2.05, 4.69) is 12.2 Å². The summed E-state index contributed by atoms with van der Waals surface area (Å²) in [5.74, 6) is 1.23. The van der Waals surface area contributed by atoms with Crippen LogP contribution in [0.4, 0.5) is 5.69 Å². The molecule has 0 saturated heterocycles. The van der Waals surface area contributed by atoms with Crippen molar-refractivity contribution in [2.75, 3.05) is 19.5 Å². The van der Waals surface area contributed by atoms with Gasteiger partial charge in [0.05, 0.1) is 14.2 Å². The van der Waals surface area contributed by atoms with Gasteiger partial charge in [0.1, 0.15) is 0 Å². The van der Waals surface area contributed by atoms with E-state index in [1.807, 2.05) is 0 Å². The summed E-state index contributed by atoms with van der Waals surface area (Å²) in [4.78, 5) is 11.5. The zero-order chi connectivity index (χ0) is 12.7. The average molecular weight is 236 g/mol. The Kier molecular flexibility index (Phi) is 5.33. The first-order chi connectivity index (χ1) is 8.21. The van der Waals surface area contributed by atoms with Gasteiger partial charge in [-0.2, -0.15) is 0 Å². The highest BCUT2D eigenvalue weighted by Gasteiger charge is 2.06.